The standard InChI is InChI=1S/C19H15NO4/c21-20(22)18-13-17(24-16-9-5-2-6-10-16)11-12-19(18)23-14-15-7-3-1-4-8-15/h1-13H,14H2. The average molecular weight is 321 g/mol. The van der Waals surface area contributed by atoms with Crippen LogP contribution in [0.25, 0.3) is 0 Å². The van der Waals surface area contributed by atoms with Crippen molar-refractivity contribution in [1.29, 1.82) is 0 Å². The van der Waals surface area contributed by atoms with Crippen LogP contribution in [0.5, 0.6) is 17.2 Å². The zero-order chi connectivity index (χ0) is 16.8. The molecular formula is C19H15NO4. The summed E-state index contributed by atoms with van der Waals surface area (Å²) in [6, 6.07) is 23.2. The number of hydrogen-bond donors (Lipinski definition) is 0. The molecule has 0 saturated carbocycles. The van der Waals surface area contributed by atoms with Crippen molar-refractivity contribution in [2.75, 3.05) is 0 Å². The topological polar surface area (TPSA) is 61.6 Å². The van der Waals surface area contributed by atoms with Crippen LogP contribution in [0.15, 0.2) is 78.9 Å². The Morgan fingerprint density at radius 1 is 0.833 bits per heavy atom. The molecule has 24 heavy (non-hydrogen) atoms. The van der Waals surface area contributed by atoms with Gasteiger partial charge in [-0.2, -0.15) is 0 Å². The van der Waals surface area contributed by atoms with Crippen molar-refractivity contribution in [2.24, 2.45) is 0 Å². The molecule has 3 aromatic rings. The Kier molecular flexibility index (Phi) is 4.72. The summed E-state index contributed by atoms with van der Waals surface area (Å²) in [6.07, 6.45) is 0. The van der Waals surface area contributed by atoms with Gasteiger partial charge in [0.1, 0.15) is 18.1 Å². The SMILES string of the molecule is O=[N+]([O-])c1cc(Oc2ccccc2)ccc1OCc1ccccc1. The molecule has 0 aliphatic rings. The predicted octanol–water partition coefficient (Wildman–Crippen LogP) is 4.97. The first-order valence-corrected chi connectivity index (χ1v) is 7.40. The monoisotopic (exact) mass is 321 g/mol. The van der Waals surface area contributed by atoms with Gasteiger partial charge in [-0.25, -0.2) is 0 Å². The van der Waals surface area contributed by atoms with Crippen LogP contribution in [-0.2, 0) is 6.61 Å². The van der Waals surface area contributed by atoms with Gasteiger partial charge in [-0.15, -0.1) is 0 Å². The molecular weight excluding hydrogens is 306 g/mol. The number of hydrogen-bond acceptors (Lipinski definition) is 4. The number of nitro groups is 1. The number of nitro benzene ring substituents is 1. The molecule has 0 unspecified atom stereocenters. The molecule has 0 atom stereocenters. The van der Waals surface area contributed by atoms with Crippen LogP contribution in [0, 0.1) is 10.1 Å². The smallest absolute Gasteiger partial charge is 0.314 e. The van der Waals surface area contributed by atoms with Gasteiger partial charge < -0.3 is 9.47 Å². The third kappa shape index (κ3) is 3.89. The van der Waals surface area contributed by atoms with E-state index in [1.807, 2.05) is 48.5 Å². The quantitative estimate of drug-likeness (QED) is 0.475. The highest BCUT2D eigenvalue weighted by atomic mass is 16.6. The first kappa shape index (κ1) is 15.6. The Labute approximate surface area is 139 Å². The number of nitrogens with zero attached hydrogens (tertiary/aromatic N) is 1. The average Bonchev–Trinajstić information content (AvgIpc) is 2.62. The maximum absolute atomic E-state index is 11.3. The second kappa shape index (κ2) is 7.28. The van der Waals surface area contributed by atoms with Gasteiger partial charge in [0, 0.05) is 0 Å². The zero-order valence-electron chi connectivity index (χ0n) is 12.8. The van der Waals surface area contributed by atoms with Gasteiger partial charge in [0.2, 0.25) is 0 Å². The number of ether oxygens (including phenoxy) is 2. The van der Waals surface area contributed by atoms with Crippen LogP contribution >= 0.6 is 0 Å². The summed E-state index contributed by atoms with van der Waals surface area (Å²) in [7, 11) is 0. The predicted molar refractivity (Wildman–Crippen MR) is 90.4 cm³/mol. The van der Waals surface area contributed by atoms with Crippen LogP contribution in [-0.4, -0.2) is 4.92 Å². The zero-order valence-corrected chi connectivity index (χ0v) is 12.8. The number of benzene rings is 3. The van der Waals surface area contributed by atoms with Gasteiger partial charge in [0.25, 0.3) is 0 Å². The van der Waals surface area contributed by atoms with Crippen LogP contribution in [0.1, 0.15) is 5.56 Å². The third-order valence-electron chi connectivity index (χ3n) is 3.34. The minimum absolute atomic E-state index is 0.126. The Hall–Kier alpha value is -3.34. The number of rotatable bonds is 6. The fraction of sp³-hybridized carbons (Fsp3) is 0.0526. The second-order valence-corrected chi connectivity index (χ2v) is 5.08. The Bertz CT molecular complexity index is 819. The minimum atomic E-state index is -0.474. The van der Waals surface area contributed by atoms with E-state index in [0.717, 1.165) is 5.56 Å². The van der Waals surface area contributed by atoms with E-state index >= 15 is 0 Å². The molecule has 0 bridgehead atoms. The third-order valence-corrected chi connectivity index (χ3v) is 3.34. The molecule has 0 saturated heterocycles. The lowest BCUT2D eigenvalue weighted by atomic mass is 10.2. The van der Waals surface area contributed by atoms with E-state index in [9.17, 15) is 10.1 Å². The molecule has 0 aliphatic heterocycles. The molecule has 3 aromatic carbocycles. The summed E-state index contributed by atoms with van der Waals surface area (Å²) >= 11 is 0. The summed E-state index contributed by atoms with van der Waals surface area (Å²) in [5.74, 6) is 1.22. The van der Waals surface area contributed by atoms with Crippen LogP contribution in [0.2, 0.25) is 0 Å². The van der Waals surface area contributed by atoms with Crippen molar-refractivity contribution in [3.63, 3.8) is 0 Å². The van der Waals surface area contributed by atoms with Gasteiger partial charge >= 0.3 is 5.69 Å². The molecule has 120 valence electrons. The molecule has 0 N–H and O–H groups in total. The molecule has 0 radical (unpaired) electrons. The van der Waals surface area contributed by atoms with E-state index in [-0.39, 0.29) is 18.0 Å². The Balaban J connectivity index is 1.78. The highest BCUT2D eigenvalue weighted by molar-refractivity contribution is 5.51. The van der Waals surface area contributed by atoms with Crippen molar-refractivity contribution in [2.45, 2.75) is 6.61 Å². The lowest BCUT2D eigenvalue weighted by molar-refractivity contribution is -0.386. The van der Waals surface area contributed by atoms with E-state index in [1.165, 1.54) is 6.07 Å². The van der Waals surface area contributed by atoms with Gasteiger partial charge in [0.05, 0.1) is 11.0 Å². The van der Waals surface area contributed by atoms with Gasteiger partial charge in [-0.1, -0.05) is 48.5 Å². The maximum atomic E-state index is 11.3. The summed E-state index contributed by atoms with van der Waals surface area (Å²) in [5, 5.41) is 11.3. The maximum Gasteiger partial charge on any atom is 0.314 e. The molecule has 0 aliphatic carbocycles. The van der Waals surface area contributed by atoms with E-state index in [2.05, 4.69) is 0 Å². The fourth-order valence-corrected chi connectivity index (χ4v) is 2.19. The van der Waals surface area contributed by atoms with Crippen LogP contribution in [0.4, 0.5) is 5.69 Å². The largest absolute Gasteiger partial charge is 0.482 e. The first-order chi connectivity index (χ1) is 11.7. The van der Waals surface area contributed by atoms with Gasteiger partial charge in [-0.05, 0) is 29.8 Å². The lowest BCUT2D eigenvalue weighted by Crippen LogP contribution is -1.99. The highest BCUT2D eigenvalue weighted by Crippen LogP contribution is 2.33. The van der Waals surface area contributed by atoms with Crippen molar-refractivity contribution < 1.29 is 14.4 Å². The molecule has 0 heterocycles. The van der Waals surface area contributed by atoms with Crippen LogP contribution in [0.3, 0.4) is 0 Å². The lowest BCUT2D eigenvalue weighted by Gasteiger charge is -2.09. The molecule has 5 heteroatoms. The molecule has 0 spiro atoms. The molecule has 0 aromatic heterocycles. The van der Waals surface area contributed by atoms with E-state index < -0.39 is 4.92 Å². The van der Waals surface area contributed by atoms with E-state index in [1.54, 1.807) is 24.3 Å². The normalized spacial score (nSPS) is 10.2. The number of para-hydroxylation sites is 1. The van der Waals surface area contributed by atoms with E-state index in [0.29, 0.717) is 11.5 Å². The Morgan fingerprint density at radius 2 is 1.50 bits per heavy atom. The second-order valence-electron chi connectivity index (χ2n) is 5.08. The van der Waals surface area contributed by atoms with Crippen molar-refractivity contribution in [1.82, 2.24) is 0 Å². The molecule has 0 amide bonds. The van der Waals surface area contributed by atoms with Crippen molar-refractivity contribution >= 4 is 5.69 Å². The van der Waals surface area contributed by atoms with Gasteiger partial charge in [0.15, 0.2) is 5.75 Å². The van der Waals surface area contributed by atoms with Gasteiger partial charge in [-0.3, -0.25) is 10.1 Å². The Morgan fingerprint density at radius 3 is 2.17 bits per heavy atom. The highest BCUT2D eigenvalue weighted by Gasteiger charge is 2.17. The fourth-order valence-electron chi connectivity index (χ4n) is 2.19. The summed E-state index contributed by atoms with van der Waals surface area (Å²) < 4.78 is 11.2. The van der Waals surface area contributed by atoms with Crippen LogP contribution < -0.4 is 9.47 Å². The summed E-state index contributed by atoms with van der Waals surface area (Å²) in [6.45, 7) is 0.264. The minimum Gasteiger partial charge on any atom is -0.482 e. The summed E-state index contributed by atoms with van der Waals surface area (Å²) in [4.78, 5) is 10.8. The molecule has 3 rings (SSSR count). The van der Waals surface area contributed by atoms with Crippen molar-refractivity contribution in [3.8, 4) is 17.2 Å². The first-order valence-electron chi connectivity index (χ1n) is 7.40. The van der Waals surface area contributed by atoms with Crippen molar-refractivity contribution in [3.05, 3.63) is 94.5 Å². The molecule has 5 nitrogen and oxygen atoms in total. The van der Waals surface area contributed by atoms with E-state index in [4.69, 9.17) is 9.47 Å². The summed E-state index contributed by atoms with van der Waals surface area (Å²) in [5.41, 5.74) is 0.816. The molecule has 0 fully saturated rings.